The lowest BCUT2D eigenvalue weighted by atomic mass is 9.94. The summed E-state index contributed by atoms with van der Waals surface area (Å²) < 4.78 is 35.8. The van der Waals surface area contributed by atoms with Crippen molar-refractivity contribution in [3.05, 3.63) is 71.8 Å². The second kappa shape index (κ2) is 26.4. The summed E-state index contributed by atoms with van der Waals surface area (Å²) in [4.78, 5) is 68.2. The third kappa shape index (κ3) is 16.1. The lowest BCUT2D eigenvalue weighted by Gasteiger charge is -2.45. The molecule has 0 bridgehead atoms. The fraction of sp³-hybridized carbons (Fsp3) is 0.535. The van der Waals surface area contributed by atoms with Crippen LogP contribution in [0.25, 0.3) is 6.08 Å². The molecule has 3 heterocycles. The summed E-state index contributed by atoms with van der Waals surface area (Å²) in [6, 6.07) is 5.43. The molecule has 0 aliphatic carbocycles. The summed E-state index contributed by atoms with van der Waals surface area (Å²) in [5.41, 5.74) is 35.0. The van der Waals surface area contributed by atoms with E-state index in [1.165, 1.54) is 18.2 Å². The molecule has 2 aromatic carbocycles. The largest absolute Gasteiger partial charge is 0.462 e. The molecule has 0 radical (unpaired) electrons. The number of guanidine groups is 1. The molecule has 3 saturated heterocycles. The van der Waals surface area contributed by atoms with Gasteiger partial charge in [-0.25, -0.2) is 24.2 Å². The topological polar surface area (TPSA) is 422 Å². The molecular formula is C43H65N13O13. The Hall–Kier alpha value is -6.36. The minimum absolute atomic E-state index is 0.166. The Labute approximate surface area is 397 Å². The van der Waals surface area contributed by atoms with Crippen LogP contribution in [-0.2, 0) is 28.5 Å². The van der Waals surface area contributed by atoms with Crippen molar-refractivity contribution in [2.45, 2.75) is 106 Å². The van der Waals surface area contributed by atoms with Crippen molar-refractivity contribution in [3.8, 4) is 5.75 Å². The first-order valence-corrected chi connectivity index (χ1v) is 22.4. The molecule has 69 heavy (non-hydrogen) atoms. The van der Waals surface area contributed by atoms with E-state index in [4.69, 9.17) is 62.8 Å². The number of ether oxygens (including phenoxy) is 6. The third-order valence-corrected chi connectivity index (χ3v) is 11.2. The molecule has 5 rings (SSSR count). The van der Waals surface area contributed by atoms with Crippen LogP contribution in [0.4, 0.5) is 14.4 Å². The number of aliphatic hydroxyl groups is 2. The zero-order valence-electron chi connectivity index (χ0n) is 38.0. The molecule has 0 spiro atoms. The van der Waals surface area contributed by atoms with Gasteiger partial charge >= 0.3 is 24.1 Å². The number of benzene rings is 2. The van der Waals surface area contributed by atoms with Crippen molar-refractivity contribution in [2.24, 2.45) is 39.4 Å². The van der Waals surface area contributed by atoms with E-state index in [2.05, 4.69) is 36.9 Å². The van der Waals surface area contributed by atoms with E-state index < -0.39 is 116 Å². The van der Waals surface area contributed by atoms with Gasteiger partial charge in [0, 0.05) is 12.6 Å². The molecule has 26 nitrogen and oxygen atoms in total. The van der Waals surface area contributed by atoms with E-state index in [-0.39, 0.29) is 18.1 Å². The van der Waals surface area contributed by atoms with Gasteiger partial charge in [-0.05, 0) is 81.7 Å². The Morgan fingerprint density at radius 2 is 1.51 bits per heavy atom. The number of unbranched alkanes of at least 4 members (excludes halogenated alkanes) is 1. The molecular weight excluding hydrogens is 907 g/mol. The number of urea groups is 3. The number of aliphatic hydroxyl groups excluding tert-OH is 2. The normalized spacial score (nSPS) is 28.9. The molecule has 0 saturated carbocycles. The van der Waals surface area contributed by atoms with Crippen LogP contribution < -0.4 is 71.0 Å². The van der Waals surface area contributed by atoms with Gasteiger partial charge < -0.3 is 105 Å². The van der Waals surface area contributed by atoms with Crippen molar-refractivity contribution in [1.82, 2.24) is 31.9 Å². The number of carbonyl (C=O) groups is 5. The van der Waals surface area contributed by atoms with Gasteiger partial charge in [0.05, 0.1) is 49.1 Å². The molecule has 20 N–H and O–H groups in total. The number of rotatable bonds is 21. The molecule has 2 aromatic rings. The van der Waals surface area contributed by atoms with E-state index in [1.54, 1.807) is 55.5 Å². The summed E-state index contributed by atoms with van der Waals surface area (Å²) in [5.74, 6) is -1.19. The number of carbonyl (C=O) groups excluding carboxylic acids is 5. The van der Waals surface area contributed by atoms with E-state index in [0.717, 1.165) is 32.4 Å². The predicted octanol–water partition coefficient (Wildman–Crippen LogP) is -3.59. The van der Waals surface area contributed by atoms with Crippen molar-refractivity contribution in [1.29, 1.82) is 0 Å². The molecule has 3 fully saturated rings. The minimum atomic E-state index is -1.64. The number of nitrogens with zero attached hydrogens (tertiary/aromatic N) is 1. The number of aliphatic imine (C=N–C) groups is 1. The van der Waals surface area contributed by atoms with Crippen molar-refractivity contribution < 1.29 is 62.6 Å². The van der Waals surface area contributed by atoms with E-state index in [0.29, 0.717) is 24.4 Å². The van der Waals surface area contributed by atoms with Crippen LogP contribution in [0.3, 0.4) is 0 Å². The standard InChI is InChI=1S/C43H65N13O13/c1-22-30(55-43(63)56-36-32(54-42(49)62)34(59)27(21-64-36)68-38-31(53-41(48)61)29(45)26(57)20-65-38)35(69-37(60)24-8-3-2-4-9-24)33(52-40(46)47)39(66-22)67-25-13-10-23(11-14-25)12-15-28(58)51-19-7-18-50-17-6-5-16-44/h2-4,8-15,22,26-27,29-36,38-39,50,57,59H,5-7,16-21,44-45H2,1H3,(H,51,58)(H4,46,47,52)(H3,48,53,61)(H3,49,54,62)(H2,55,56,63)/b15-12+/t22-,26-,27-,29+,30-,31-,32-,33-,34+,35+,36-,38+,39-/m1/s1. The number of amides is 7. The molecule has 7 amide bonds. The highest BCUT2D eigenvalue weighted by atomic mass is 16.7. The SMILES string of the molecule is C[C@H]1O[C@H](Oc2ccc(/C=C/C(=O)NCCCNCCCCN)cc2)[C@H](N=C(N)N)[C@@H](OC(=O)c2ccccc2)[C@@H]1NC(=O)N[C@@H]1OC[C@@H](O[C@@H]2OC[C@@H](O)[C@H](N)[C@H]2NC(N)=O)[C@H](O)[C@H]1NC(N)=O. The molecule has 13 atom stereocenters. The van der Waals surface area contributed by atoms with Gasteiger partial charge in [-0.3, -0.25) is 4.79 Å². The first-order chi connectivity index (χ1) is 33.0. The summed E-state index contributed by atoms with van der Waals surface area (Å²) in [5, 5.41) is 37.7. The maximum Gasteiger partial charge on any atom is 0.338 e. The molecule has 3 aliphatic heterocycles. The van der Waals surface area contributed by atoms with Crippen LogP contribution in [0, 0.1) is 0 Å². The summed E-state index contributed by atoms with van der Waals surface area (Å²) in [7, 11) is 0. The molecule has 3 aliphatic rings. The zero-order chi connectivity index (χ0) is 50.0. The van der Waals surface area contributed by atoms with Crippen LogP contribution in [-0.4, -0.2) is 165 Å². The van der Waals surface area contributed by atoms with Gasteiger partial charge in [-0.2, -0.15) is 0 Å². The van der Waals surface area contributed by atoms with Crippen molar-refractivity contribution in [2.75, 3.05) is 39.4 Å². The van der Waals surface area contributed by atoms with E-state index in [1.807, 2.05) is 0 Å². The fourth-order valence-corrected chi connectivity index (χ4v) is 7.65. The Morgan fingerprint density at radius 1 is 0.812 bits per heavy atom. The molecule has 380 valence electrons. The van der Waals surface area contributed by atoms with E-state index in [9.17, 15) is 34.2 Å². The molecule has 0 aromatic heterocycles. The van der Waals surface area contributed by atoms with Gasteiger partial charge in [0.2, 0.25) is 12.2 Å². The van der Waals surface area contributed by atoms with Gasteiger partial charge in [-0.15, -0.1) is 0 Å². The average molecular weight is 972 g/mol. The van der Waals surface area contributed by atoms with Crippen LogP contribution >= 0.6 is 0 Å². The number of nitrogens with one attached hydrogen (secondary N) is 6. The van der Waals surface area contributed by atoms with Gasteiger partial charge in [0.1, 0.15) is 24.0 Å². The highest BCUT2D eigenvalue weighted by Gasteiger charge is 2.50. The Bertz CT molecular complexity index is 2050. The number of hydrogen-bond acceptors (Lipinski definition) is 17. The lowest BCUT2D eigenvalue weighted by Crippen LogP contribution is -2.70. The zero-order valence-corrected chi connectivity index (χ0v) is 38.0. The van der Waals surface area contributed by atoms with Crippen LogP contribution in [0.5, 0.6) is 5.75 Å². The summed E-state index contributed by atoms with van der Waals surface area (Å²) in [6.45, 7) is 3.69. The van der Waals surface area contributed by atoms with E-state index >= 15 is 0 Å². The second-order valence-electron chi connectivity index (χ2n) is 16.4. The third-order valence-electron chi connectivity index (χ3n) is 11.2. The van der Waals surface area contributed by atoms with Gasteiger partial charge in [-0.1, -0.05) is 30.3 Å². The summed E-state index contributed by atoms with van der Waals surface area (Å²) in [6.07, 6.45) is -4.77. The minimum Gasteiger partial charge on any atom is -0.462 e. The average Bonchev–Trinajstić information content (AvgIpc) is 3.31. The van der Waals surface area contributed by atoms with Crippen LogP contribution in [0.2, 0.25) is 0 Å². The van der Waals surface area contributed by atoms with Gasteiger partial charge in [0.25, 0.3) is 0 Å². The monoisotopic (exact) mass is 971 g/mol. The predicted molar refractivity (Wildman–Crippen MR) is 247 cm³/mol. The molecule has 0 unspecified atom stereocenters. The molecule has 26 heteroatoms. The van der Waals surface area contributed by atoms with Crippen molar-refractivity contribution >= 4 is 42.0 Å². The quantitative estimate of drug-likeness (QED) is 0.0189. The van der Waals surface area contributed by atoms with Crippen LogP contribution in [0.1, 0.15) is 42.1 Å². The highest BCUT2D eigenvalue weighted by Crippen LogP contribution is 2.30. The number of hydrogen-bond donors (Lipinski definition) is 14. The summed E-state index contributed by atoms with van der Waals surface area (Å²) >= 11 is 0. The first-order valence-electron chi connectivity index (χ1n) is 22.4. The van der Waals surface area contributed by atoms with Gasteiger partial charge in [0.15, 0.2) is 30.6 Å². The van der Waals surface area contributed by atoms with Crippen molar-refractivity contribution in [3.63, 3.8) is 0 Å². The lowest BCUT2D eigenvalue weighted by molar-refractivity contribution is -0.263. The first kappa shape index (κ1) is 53.6. The second-order valence-corrected chi connectivity index (χ2v) is 16.4. The Morgan fingerprint density at radius 3 is 2.19 bits per heavy atom. The highest BCUT2D eigenvalue weighted by molar-refractivity contribution is 5.91. The smallest absolute Gasteiger partial charge is 0.338 e. The number of esters is 1. The fourth-order valence-electron chi connectivity index (χ4n) is 7.65. The Kier molecular flexibility index (Phi) is 20.5. The maximum absolute atomic E-state index is 13.9. The Balaban J connectivity index is 1.28. The number of primary amides is 2. The number of nitrogens with two attached hydrogens (primary N) is 6. The van der Waals surface area contributed by atoms with Crippen LogP contribution in [0.15, 0.2) is 65.7 Å². The maximum atomic E-state index is 13.9.